The lowest BCUT2D eigenvalue weighted by Gasteiger charge is -2.06. The van der Waals surface area contributed by atoms with Gasteiger partial charge < -0.3 is 4.98 Å². The van der Waals surface area contributed by atoms with Crippen LogP contribution in [0.25, 0.3) is 22.0 Å². The number of H-pyrrole nitrogens is 1. The predicted molar refractivity (Wildman–Crippen MR) is 68.8 cm³/mol. The van der Waals surface area contributed by atoms with Crippen molar-refractivity contribution in [2.45, 2.75) is 13.8 Å². The third kappa shape index (κ3) is 1.60. The summed E-state index contributed by atoms with van der Waals surface area (Å²) in [5.74, 6) is 0.928. The number of benzene rings is 1. The van der Waals surface area contributed by atoms with Gasteiger partial charge in [0.1, 0.15) is 5.82 Å². The number of aromatic amines is 1. The highest BCUT2D eigenvalue weighted by Gasteiger charge is 2.07. The molecule has 0 aliphatic carbocycles. The normalized spacial score (nSPS) is 10.9. The van der Waals surface area contributed by atoms with Gasteiger partial charge in [0.15, 0.2) is 0 Å². The van der Waals surface area contributed by atoms with E-state index >= 15 is 0 Å². The van der Waals surface area contributed by atoms with E-state index in [1.165, 1.54) is 10.9 Å². The van der Waals surface area contributed by atoms with E-state index in [0.717, 1.165) is 22.5 Å². The molecule has 0 spiro atoms. The van der Waals surface area contributed by atoms with Crippen LogP contribution >= 0.6 is 0 Å². The van der Waals surface area contributed by atoms with E-state index in [-0.39, 0.29) is 0 Å². The summed E-state index contributed by atoms with van der Waals surface area (Å²) in [6, 6.07) is 6.30. The van der Waals surface area contributed by atoms with E-state index < -0.39 is 0 Å². The molecule has 3 nitrogen and oxygen atoms in total. The zero-order valence-corrected chi connectivity index (χ0v) is 9.86. The van der Waals surface area contributed by atoms with E-state index in [0.29, 0.717) is 0 Å². The molecule has 1 aromatic carbocycles. The molecule has 0 fully saturated rings. The van der Waals surface area contributed by atoms with E-state index in [2.05, 4.69) is 40.1 Å². The van der Waals surface area contributed by atoms with Crippen molar-refractivity contribution in [2.24, 2.45) is 0 Å². The minimum Gasteiger partial charge on any atom is -0.342 e. The summed E-state index contributed by atoms with van der Waals surface area (Å²) in [5.41, 5.74) is 3.46. The highest BCUT2D eigenvalue weighted by molar-refractivity contribution is 5.96. The average molecular weight is 223 g/mol. The zero-order valence-electron chi connectivity index (χ0n) is 9.86. The average Bonchev–Trinajstić information content (AvgIpc) is 2.77. The summed E-state index contributed by atoms with van der Waals surface area (Å²) in [4.78, 5) is 11.7. The Balaban J connectivity index is 2.34. The largest absolute Gasteiger partial charge is 0.342 e. The lowest BCUT2D eigenvalue weighted by Crippen LogP contribution is -1.86. The molecule has 3 rings (SSSR count). The first kappa shape index (κ1) is 10.0. The fraction of sp³-hybridized carbons (Fsp3) is 0.143. The van der Waals surface area contributed by atoms with Gasteiger partial charge in [-0.05, 0) is 30.9 Å². The first-order valence-corrected chi connectivity index (χ1v) is 5.61. The molecule has 3 aromatic rings. The summed E-state index contributed by atoms with van der Waals surface area (Å²) in [7, 11) is 0. The van der Waals surface area contributed by atoms with Crippen molar-refractivity contribution in [3.8, 4) is 11.3 Å². The molecule has 3 heteroatoms. The van der Waals surface area contributed by atoms with E-state index in [4.69, 9.17) is 0 Å². The molecule has 0 bridgehead atoms. The van der Waals surface area contributed by atoms with Crippen LogP contribution in [-0.4, -0.2) is 15.0 Å². The molecule has 0 saturated carbocycles. The van der Waals surface area contributed by atoms with Crippen molar-refractivity contribution >= 4 is 10.8 Å². The van der Waals surface area contributed by atoms with Gasteiger partial charge in [-0.2, -0.15) is 0 Å². The van der Waals surface area contributed by atoms with E-state index in [1.54, 1.807) is 0 Å². The molecule has 0 atom stereocenters. The Morgan fingerprint density at radius 1 is 1.00 bits per heavy atom. The molecule has 0 saturated heterocycles. The number of hydrogen-bond donors (Lipinski definition) is 1. The highest BCUT2D eigenvalue weighted by atomic mass is 14.9. The monoisotopic (exact) mass is 223 g/mol. The molecular weight excluding hydrogens is 210 g/mol. The van der Waals surface area contributed by atoms with Crippen LogP contribution in [-0.2, 0) is 0 Å². The molecule has 0 radical (unpaired) electrons. The van der Waals surface area contributed by atoms with Gasteiger partial charge in [-0.15, -0.1) is 0 Å². The lowest BCUT2D eigenvalue weighted by molar-refractivity contribution is 1.15. The van der Waals surface area contributed by atoms with Gasteiger partial charge in [-0.25, -0.2) is 4.98 Å². The standard InChI is InChI=1S/C14H13N3/c1-9-3-4-12(14-8-16-10(2)17-14)13-7-15-6-5-11(9)13/h3-8H,1-2H3,(H,16,17). The second-order valence-corrected chi connectivity index (χ2v) is 4.23. The van der Waals surface area contributed by atoms with Gasteiger partial charge in [-0.3, -0.25) is 4.98 Å². The number of nitrogens with one attached hydrogen (secondary N) is 1. The first-order valence-electron chi connectivity index (χ1n) is 5.61. The van der Waals surface area contributed by atoms with Gasteiger partial charge in [0.2, 0.25) is 0 Å². The molecule has 84 valence electrons. The second-order valence-electron chi connectivity index (χ2n) is 4.23. The maximum atomic E-state index is 4.25. The molecule has 2 aromatic heterocycles. The smallest absolute Gasteiger partial charge is 0.103 e. The van der Waals surface area contributed by atoms with Crippen molar-refractivity contribution in [2.75, 3.05) is 0 Å². The topological polar surface area (TPSA) is 41.6 Å². The highest BCUT2D eigenvalue weighted by Crippen LogP contribution is 2.28. The third-order valence-corrected chi connectivity index (χ3v) is 3.03. The maximum Gasteiger partial charge on any atom is 0.103 e. The molecule has 17 heavy (non-hydrogen) atoms. The van der Waals surface area contributed by atoms with E-state index in [1.807, 2.05) is 25.5 Å². The number of rotatable bonds is 1. The number of aryl methyl sites for hydroxylation is 2. The van der Waals surface area contributed by atoms with Gasteiger partial charge in [0, 0.05) is 23.3 Å². The van der Waals surface area contributed by atoms with Crippen LogP contribution in [0.15, 0.2) is 36.8 Å². The van der Waals surface area contributed by atoms with Crippen molar-refractivity contribution in [3.63, 3.8) is 0 Å². The molecule has 0 aliphatic heterocycles. The Bertz CT molecular complexity index is 683. The van der Waals surface area contributed by atoms with Gasteiger partial charge >= 0.3 is 0 Å². The van der Waals surface area contributed by atoms with Crippen LogP contribution in [0, 0.1) is 13.8 Å². The fourth-order valence-electron chi connectivity index (χ4n) is 2.13. The summed E-state index contributed by atoms with van der Waals surface area (Å²) in [5, 5.41) is 2.40. The van der Waals surface area contributed by atoms with Gasteiger partial charge in [0.05, 0.1) is 11.9 Å². The van der Waals surface area contributed by atoms with Crippen LogP contribution in [0.2, 0.25) is 0 Å². The van der Waals surface area contributed by atoms with Gasteiger partial charge in [0.25, 0.3) is 0 Å². The number of aromatic nitrogens is 3. The third-order valence-electron chi connectivity index (χ3n) is 3.03. The van der Waals surface area contributed by atoms with Crippen LogP contribution in [0.4, 0.5) is 0 Å². The van der Waals surface area contributed by atoms with Crippen LogP contribution in [0.3, 0.4) is 0 Å². The number of nitrogens with zero attached hydrogens (tertiary/aromatic N) is 2. The van der Waals surface area contributed by atoms with Crippen molar-refractivity contribution in [1.82, 2.24) is 15.0 Å². The van der Waals surface area contributed by atoms with Crippen molar-refractivity contribution < 1.29 is 0 Å². The minimum absolute atomic E-state index is 0.928. The summed E-state index contributed by atoms with van der Waals surface area (Å²) in [6.45, 7) is 4.07. The Morgan fingerprint density at radius 3 is 2.65 bits per heavy atom. The Hall–Kier alpha value is -2.16. The summed E-state index contributed by atoms with van der Waals surface area (Å²) in [6.07, 6.45) is 5.61. The molecule has 0 amide bonds. The fourth-order valence-corrected chi connectivity index (χ4v) is 2.13. The first-order chi connectivity index (χ1) is 8.25. The number of pyridine rings is 1. The van der Waals surface area contributed by atoms with E-state index in [9.17, 15) is 0 Å². The lowest BCUT2D eigenvalue weighted by atomic mass is 10.0. The number of imidazole rings is 1. The minimum atomic E-state index is 0.928. The summed E-state index contributed by atoms with van der Waals surface area (Å²) < 4.78 is 0. The van der Waals surface area contributed by atoms with Crippen LogP contribution < -0.4 is 0 Å². The van der Waals surface area contributed by atoms with Crippen molar-refractivity contribution in [1.29, 1.82) is 0 Å². The van der Waals surface area contributed by atoms with Crippen molar-refractivity contribution in [3.05, 3.63) is 48.2 Å². The quantitative estimate of drug-likeness (QED) is 0.688. The Morgan fingerprint density at radius 2 is 1.88 bits per heavy atom. The van der Waals surface area contributed by atoms with Crippen LogP contribution in [0.1, 0.15) is 11.4 Å². The zero-order chi connectivity index (χ0) is 11.8. The Labute approximate surface area is 99.5 Å². The SMILES string of the molecule is Cc1ncc(-c2ccc(C)c3ccncc23)[nH]1. The molecular formula is C14H13N3. The molecule has 2 heterocycles. The van der Waals surface area contributed by atoms with Gasteiger partial charge in [-0.1, -0.05) is 12.1 Å². The van der Waals surface area contributed by atoms with Crippen LogP contribution in [0.5, 0.6) is 0 Å². The number of hydrogen-bond acceptors (Lipinski definition) is 2. The maximum absolute atomic E-state index is 4.25. The Kier molecular flexibility index (Phi) is 2.18. The predicted octanol–water partition coefficient (Wildman–Crippen LogP) is 3.24. The summed E-state index contributed by atoms with van der Waals surface area (Å²) >= 11 is 0. The molecule has 1 N–H and O–H groups in total. The molecule has 0 unspecified atom stereocenters. The second kappa shape index (κ2) is 3.70. The molecule has 0 aliphatic rings. The number of fused-ring (bicyclic) bond motifs is 1.